The van der Waals surface area contributed by atoms with Crippen LogP contribution in [0, 0.1) is 0 Å². The Bertz CT molecular complexity index is 821. The van der Waals surface area contributed by atoms with Gasteiger partial charge in [-0.15, -0.1) is 0 Å². The lowest BCUT2D eigenvalue weighted by Crippen LogP contribution is -2.53. The van der Waals surface area contributed by atoms with Gasteiger partial charge in [-0.2, -0.15) is 16.1 Å². The van der Waals surface area contributed by atoms with E-state index in [0.29, 0.717) is 18.1 Å². The van der Waals surface area contributed by atoms with Gasteiger partial charge in [-0.25, -0.2) is 8.42 Å². The standard InChI is InChI=1S/C19H29NO7S2/c1-18(2,28-12-14-11-26-19(3,4)27-14)16(17(21)22)20(5)29(23,24)15-9-7-13(25-6)8-10-15/h7-10,14,16H,11-12H2,1-6H3,(H,21,22)/t14?,16-/m0/s1. The number of hydrogen-bond donors (Lipinski definition) is 1. The van der Waals surface area contributed by atoms with Crippen LogP contribution in [0.1, 0.15) is 27.7 Å². The summed E-state index contributed by atoms with van der Waals surface area (Å²) in [7, 11) is -1.25. The predicted octanol–water partition coefficient (Wildman–Crippen LogP) is 2.43. The molecule has 1 aromatic rings. The van der Waals surface area contributed by atoms with Crippen molar-refractivity contribution in [2.45, 2.75) is 55.3 Å². The van der Waals surface area contributed by atoms with Crippen molar-refractivity contribution in [1.82, 2.24) is 4.31 Å². The highest BCUT2D eigenvalue weighted by molar-refractivity contribution is 8.00. The highest BCUT2D eigenvalue weighted by atomic mass is 32.2. The number of hydrogen-bond acceptors (Lipinski definition) is 7. The first-order chi connectivity index (χ1) is 13.3. The van der Waals surface area contributed by atoms with E-state index in [1.165, 1.54) is 50.2 Å². The number of carbonyl (C=O) groups is 1. The summed E-state index contributed by atoms with van der Waals surface area (Å²) in [6.07, 6.45) is -0.188. The average molecular weight is 448 g/mol. The summed E-state index contributed by atoms with van der Waals surface area (Å²) < 4.78 is 42.4. The molecule has 1 N–H and O–H groups in total. The molecule has 10 heteroatoms. The van der Waals surface area contributed by atoms with Gasteiger partial charge < -0.3 is 19.3 Å². The van der Waals surface area contributed by atoms with E-state index >= 15 is 0 Å². The SMILES string of the molecule is COc1ccc(S(=O)(=O)N(C)[C@@H](C(=O)O)C(C)(C)SCC2COC(C)(C)O2)cc1. The van der Waals surface area contributed by atoms with Gasteiger partial charge in [-0.1, -0.05) is 0 Å². The highest BCUT2D eigenvalue weighted by Gasteiger charge is 2.45. The molecule has 2 atom stereocenters. The first kappa shape index (κ1) is 23.9. The number of nitrogens with zero attached hydrogens (tertiary/aromatic N) is 1. The van der Waals surface area contributed by atoms with E-state index in [1.807, 2.05) is 13.8 Å². The molecule has 1 unspecified atom stereocenters. The van der Waals surface area contributed by atoms with Crippen LogP contribution in [0.2, 0.25) is 0 Å². The molecule has 8 nitrogen and oxygen atoms in total. The Morgan fingerprint density at radius 1 is 1.38 bits per heavy atom. The number of benzene rings is 1. The fourth-order valence-electron chi connectivity index (χ4n) is 3.18. The zero-order valence-corrected chi connectivity index (χ0v) is 19.2. The fourth-order valence-corrected chi connectivity index (χ4v) is 5.88. The summed E-state index contributed by atoms with van der Waals surface area (Å²) in [6.45, 7) is 7.48. The largest absolute Gasteiger partial charge is 0.497 e. The van der Waals surface area contributed by atoms with E-state index in [-0.39, 0.29) is 11.0 Å². The quantitative estimate of drug-likeness (QED) is 0.616. The van der Waals surface area contributed by atoms with Crippen LogP contribution < -0.4 is 4.74 Å². The first-order valence-electron chi connectivity index (χ1n) is 9.11. The maximum atomic E-state index is 13.0. The molecule has 0 aromatic heterocycles. The molecule has 2 rings (SSSR count). The summed E-state index contributed by atoms with van der Waals surface area (Å²) in [4.78, 5) is 12.1. The maximum Gasteiger partial charge on any atom is 0.323 e. The summed E-state index contributed by atoms with van der Waals surface area (Å²) in [5, 5.41) is 9.85. The number of methoxy groups -OCH3 is 1. The number of rotatable bonds is 9. The highest BCUT2D eigenvalue weighted by Crippen LogP contribution is 2.36. The molecule has 1 aliphatic rings. The van der Waals surface area contributed by atoms with Gasteiger partial charge in [-0.3, -0.25) is 4.79 Å². The van der Waals surface area contributed by atoms with Gasteiger partial charge >= 0.3 is 5.97 Å². The molecule has 164 valence electrons. The Balaban J connectivity index is 2.20. The molecular weight excluding hydrogens is 418 g/mol. The molecule has 1 saturated heterocycles. The third kappa shape index (κ3) is 5.64. The third-order valence-corrected chi connectivity index (χ3v) is 8.04. The molecule has 1 aliphatic heterocycles. The molecule has 0 amide bonds. The van der Waals surface area contributed by atoms with Crippen molar-refractivity contribution in [3.63, 3.8) is 0 Å². The minimum atomic E-state index is -4.02. The van der Waals surface area contributed by atoms with Gasteiger partial charge in [0.25, 0.3) is 0 Å². The average Bonchev–Trinajstić information content (AvgIpc) is 2.98. The third-order valence-electron chi connectivity index (χ3n) is 4.70. The first-order valence-corrected chi connectivity index (χ1v) is 11.5. The van der Waals surface area contributed by atoms with Gasteiger partial charge in [-0.05, 0) is 52.0 Å². The second-order valence-electron chi connectivity index (χ2n) is 7.80. The van der Waals surface area contributed by atoms with E-state index in [0.717, 1.165) is 4.31 Å². The predicted molar refractivity (Wildman–Crippen MR) is 111 cm³/mol. The normalized spacial score (nSPS) is 20.6. The Labute approximate surface area is 176 Å². The van der Waals surface area contributed by atoms with Gasteiger partial charge in [0.1, 0.15) is 11.8 Å². The smallest absolute Gasteiger partial charge is 0.323 e. The van der Waals surface area contributed by atoms with Gasteiger partial charge in [0, 0.05) is 17.5 Å². The second-order valence-corrected chi connectivity index (χ2v) is 11.5. The summed E-state index contributed by atoms with van der Waals surface area (Å²) in [6, 6.07) is 4.56. The molecule has 0 saturated carbocycles. The number of thioether (sulfide) groups is 1. The number of aliphatic carboxylic acids is 1. The summed E-state index contributed by atoms with van der Waals surface area (Å²) in [5.41, 5.74) is 0. The van der Waals surface area contributed by atoms with E-state index in [4.69, 9.17) is 14.2 Å². The number of ether oxygens (including phenoxy) is 3. The molecular formula is C19H29NO7S2. The Morgan fingerprint density at radius 3 is 2.41 bits per heavy atom. The van der Waals surface area contributed by atoms with E-state index in [9.17, 15) is 18.3 Å². The fraction of sp³-hybridized carbons (Fsp3) is 0.632. The van der Waals surface area contributed by atoms with Gasteiger partial charge in [0.2, 0.25) is 10.0 Å². The molecule has 29 heavy (non-hydrogen) atoms. The van der Waals surface area contributed by atoms with E-state index < -0.39 is 32.6 Å². The molecule has 0 radical (unpaired) electrons. The zero-order chi connectivity index (χ0) is 22.0. The number of carboxylic acids is 1. The monoisotopic (exact) mass is 447 g/mol. The molecule has 0 aliphatic carbocycles. The van der Waals surface area contributed by atoms with Crippen LogP contribution in [-0.2, 0) is 24.3 Å². The molecule has 0 spiro atoms. The number of likely N-dealkylation sites (N-methyl/N-ethyl adjacent to an activating group) is 1. The summed E-state index contributed by atoms with van der Waals surface area (Å²) >= 11 is 1.35. The van der Waals surface area contributed by atoms with Gasteiger partial charge in [0.05, 0.1) is 24.7 Å². The minimum absolute atomic E-state index is 0.00197. The molecule has 1 heterocycles. The van der Waals surface area contributed by atoms with Gasteiger partial charge in [0.15, 0.2) is 5.79 Å². The van der Waals surface area contributed by atoms with Crippen molar-refractivity contribution in [3.8, 4) is 5.75 Å². The van der Waals surface area contributed by atoms with Crippen molar-refractivity contribution in [2.24, 2.45) is 0 Å². The lowest BCUT2D eigenvalue weighted by atomic mass is 10.0. The van der Waals surface area contributed by atoms with Crippen LogP contribution >= 0.6 is 11.8 Å². The van der Waals surface area contributed by atoms with Crippen LogP contribution in [0.15, 0.2) is 29.2 Å². The van der Waals surface area contributed by atoms with Crippen LogP contribution in [0.5, 0.6) is 5.75 Å². The van der Waals surface area contributed by atoms with Crippen molar-refractivity contribution in [1.29, 1.82) is 0 Å². The molecule has 1 aromatic carbocycles. The Hall–Kier alpha value is -1.33. The van der Waals surface area contributed by atoms with Crippen molar-refractivity contribution in [3.05, 3.63) is 24.3 Å². The van der Waals surface area contributed by atoms with E-state index in [2.05, 4.69) is 0 Å². The Kier molecular flexibility index (Phi) is 7.27. The second kappa shape index (κ2) is 8.81. The maximum absolute atomic E-state index is 13.0. The van der Waals surface area contributed by atoms with Crippen LogP contribution in [0.25, 0.3) is 0 Å². The summed E-state index contributed by atoms with van der Waals surface area (Å²) in [5.74, 6) is -0.892. The topological polar surface area (TPSA) is 102 Å². The number of carboxylic acid groups (broad SMARTS) is 1. The number of sulfonamides is 1. The molecule has 1 fully saturated rings. The zero-order valence-electron chi connectivity index (χ0n) is 17.5. The Morgan fingerprint density at radius 2 is 1.97 bits per heavy atom. The molecule has 0 bridgehead atoms. The van der Waals surface area contributed by atoms with Crippen molar-refractivity contribution in [2.75, 3.05) is 26.5 Å². The van der Waals surface area contributed by atoms with Crippen LogP contribution in [0.4, 0.5) is 0 Å². The minimum Gasteiger partial charge on any atom is -0.497 e. The van der Waals surface area contributed by atoms with E-state index in [1.54, 1.807) is 13.8 Å². The lowest BCUT2D eigenvalue weighted by Gasteiger charge is -2.36. The lowest BCUT2D eigenvalue weighted by molar-refractivity contribution is -0.142. The van der Waals surface area contributed by atoms with Crippen molar-refractivity contribution < 1.29 is 32.5 Å². The van der Waals surface area contributed by atoms with Crippen molar-refractivity contribution >= 4 is 27.8 Å². The van der Waals surface area contributed by atoms with Crippen LogP contribution in [0.3, 0.4) is 0 Å². The van der Waals surface area contributed by atoms with Crippen LogP contribution in [-0.4, -0.2) is 73.0 Å².